The third kappa shape index (κ3) is 4.36. The Kier molecular flexibility index (Phi) is 7.52. The number of halogens is 3. The average Bonchev–Trinajstić information content (AvgIpc) is 3.55. The summed E-state index contributed by atoms with van der Waals surface area (Å²) in [5, 5.41) is 15.8. The summed E-state index contributed by atoms with van der Waals surface area (Å²) in [5.74, 6) is -2.78. The van der Waals surface area contributed by atoms with E-state index in [0.29, 0.717) is 22.8 Å². The van der Waals surface area contributed by atoms with Gasteiger partial charge in [0.05, 0.1) is 24.1 Å². The Morgan fingerprint density at radius 2 is 2.03 bits per heavy atom. The van der Waals surface area contributed by atoms with Crippen LogP contribution in [0.25, 0.3) is 0 Å². The van der Waals surface area contributed by atoms with Crippen LogP contribution in [0.4, 0.5) is 10.1 Å². The number of nitrogens with one attached hydrogen (secondary N) is 1. The molecule has 11 heteroatoms. The number of ether oxygens (including phenoxy) is 1. The minimum atomic E-state index is -1.59. The van der Waals surface area contributed by atoms with E-state index >= 15 is 4.39 Å². The van der Waals surface area contributed by atoms with Crippen molar-refractivity contribution in [2.75, 3.05) is 19.0 Å². The van der Waals surface area contributed by atoms with Gasteiger partial charge in [0.15, 0.2) is 0 Å². The molecule has 2 heterocycles. The predicted molar refractivity (Wildman–Crippen MR) is 138 cm³/mol. The minimum Gasteiger partial charge on any atom is -0.469 e. The van der Waals surface area contributed by atoms with Crippen LogP contribution in [-0.2, 0) is 19.9 Å². The fourth-order valence-corrected chi connectivity index (χ4v) is 6.32. The summed E-state index contributed by atoms with van der Waals surface area (Å²) in [6, 6.07) is 6.98. The minimum absolute atomic E-state index is 0. The van der Waals surface area contributed by atoms with Crippen molar-refractivity contribution in [3.63, 3.8) is 0 Å². The Morgan fingerprint density at radius 1 is 1.30 bits per heavy atom. The number of likely N-dealkylation sites (tertiary alicyclic amines) is 1. The number of methoxy groups -OCH3 is 1. The average molecular weight is 552 g/mol. The summed E-state index contributed by atoms with van der Waals surface area (Å²) in [4.78, 5) is 40.2. The molecule has 0 bridgehead atoms. The first-order valence-electron chi connectivity index (χ1n) is 11.7. The zero-order chi connectivity index (χ0) is 25.8. The van der Waals surface area contributed by atoms with Gasteiger partial charge in [-0.2, -0.15) is 0 Å². The fourth-order valence-electron chi connectivity index (χ4n) is 5.96. The van der Waals surface area contributed by atoms with Crippen LogP contribution >= 0.6 is 23.2 Å². The van der Waals surface area contributed by atoms with Crippen molar-refractivity contribution in [3.05, 3.63) is 73.5 Å². The van der Waals surface area contributed by atoms with Crippen molar-refractivity contribution >= 4 is 40.8 Å². The Morgan fingerprint density at radius 3 is 2.68 bits per heavy atom. The highest BCUT2D eigenvalue weighted by molar-refractivity contribution is 6.31. The van der Waals surface area contributed by atoms with Gasteiger partial charge in [0.25, 0.3) is 5.91 Å². The summed E-state index contributed by atoms with van der Waals surface area (Å²) in [5.41, 5.74) is -0.679. The van der Waals surface area contributed by atoms with Gasteiger partial charge in [0.2, 0.25) is 6.04 Å². The smallest absolute Gasteiger partial charge is 0.305 e. The van der Waals surface area contributed by atoms with Gasteiger partial charge in [-0.05, 0) is 43.4 Å². The van der Waals surface area contributed by atoms with Gasteiger partial charge in [-0.15, -0.1) is 0 Å². The van der Waals surface area contributed by atoms with Crippen molar-refractivity contribution in [1.29, 1.82) is 0 Å². The molecule has 1 saturated carbocycles. The Bertz CT molecular complexity index is 1260. The zero-order valence-electron chi connectivity index (χ0n) is 19.4. The number of fused-ring (bicyclic) bond motifs is 2. The largest absolute Gasteiger partial charge is 0.469 e. The summed E-state index contributed by atoms with van der Waals surface area (Å²) in [6.45, 7) is 0.393. The predicted octanol–water partition coefficient (Wildman–Crippen LogP) is 5.39. The lowest BCUT2D eigenvalue weighted by atomic mass is 9.73. The maximum atomic E-state index is 15.6. The van der Waals surface area contributed by atoms with E-state index in [-0.39, 0.29) is 36.8 Å². The SMILES string of the molecule is C.COC(=O)CC[C@H]1[C@@H]([N+](=O)[O-])[C@H](c2cccc(Cl)c2F)[C@]2(C(=O)Nc3cc(Cl)ccc32)N1CC1CC1. The van der Waals surface area contributed by atoms with E-state index in [0.717, 1.165) is 12.8 Å². The van der Waals surface area contributed by atoms with E-state index in [1.807, 2.05) is 4.90 Å². The van der Waals surface area contributed by atoms with E-state index < -0.39 is 46.2 Å². The maximum absolute atomic E-state index is 15.6. The molecule has 2 aromatic carbocycles. The van der Waals surface area contributed by atoms with Crippen molar-refractivity contribution in [2.45, 2.75) is 56.7 Å². The number of hydrogen-bond acceptors (Lipinski definition) is 6. The number of carbonyl (C=O) groups excluding carboxylic acids is 2. The number of nitrogens with zero attached hydrogens (tertiary/aromatic N) is 2. The molecule has 1 amide bonds. The second-order valence-corrected chi connectivity index (χ2v) is 10.4. The van der Waals surface area contributed by atoms with Crippen LogP contribution in [0.1, 0.15) is 50.2 Å². The van der Waals surface area contributed by atoms with Crippen LogP contribution in [0.2, 0.25) is 10.0 Å². The molecule has 0 aromatic heterocycles. The van der Waals surface area contributed by atoms with Gasteiger partial charge >= 0.3 is 5.97 Å². The molecule has 0 unspecified atom stereocenters. The van der Waals surface area contributed by atoms with E-state index in [9.17, 15) is 19.7 Å². The fraction of sp³-hybridized carbons (Fsp3) is 0.462. The van der Waals surface area contributed by atoms with Crippen molar-refractivity contribution in [1.82, 2.24) is 4.90 Å². The van der Waals surface area contributed by atoms with Crippen molar-refractivity contribution in [2.24, 2.45) is 5.92 Å². The molecular weight excluding hydrogens is 524 g/mol. The maximum Gasteiger partial charge on any atom is 0.305 e. The number of carbonyl (C=O) groups is 2. The van der Waals surface area contributed by atoms with Crippen LogP contribution < -0.4 is 5.32 Å². The summed E-state index contributed by atoms with van der Waals surface area (Å²) in [7, 11) is 1.25. The molecule has 37 heavy (non-hydrogen) atoms. The van der Waals surface area contributed by atoms with E-state index in [2.05, 4.69) is 5.32 Å². The molecule has 5 rings (SSSR count). The molecule has 2 aromatic rings. The standard InChI is InChI=1S/C25H24Cl2FN3O5.CH4/c1-36-20(32)10-9-19-23(31(34)35)21(15-3-2-4-17(27)22(15)28)25(30(19)12-13-5-6-13)16-8-7-14(26)11-18(16)29-24(25)33;/h2-4,7-8,11,13,19,21,23H,5-6,9-10,12H2,1H3,(H,29,33);1H4/t19-,21-,23+,25+;/m0./s1. The Labute approximate surface area is 224 Å². The molecule has 2 fully saturated rings. The number of amides is 1. The molecule has 2 aliphatic heterocycles. The second kappa shape index (κ2) is 10.2. The van der Waals surface area contributed by atoms with Crippen LogP contribution in [0.5, 0.6) is 0 Å². The van der Waals surface area contributed by atoms with E-state index in [4.69, 9.17) is 27.9 Å². The quantitative estimate of drug-likeness (QED) is 0.281. The second-order valence-electron chi connectivity index (χ2n) is 9.58. The third-order valence-electron chi connectivity index (χ3n) is 7.61. The molecule has 0 radical (unpaired) electrons. The lowest BCUT2D eigenvalue weighted by molar-refractivity contribution is -0.528. The normalized spacial score (nSPS) is 26.5. The van der Waals surface area contributed by atoms with Gasteiger partial charge in [-0.25, -0.2) is 4.39 Å². The van der Waals surface area contributed by atoms with Gasteiger partial charge < -0.3 is 10.1 Å². The number of benzene rings is 2. The van der Waals surface area contributed by atoms with Gasteiger partial charge in [0, 0.05) is 39.7 Å². The molecule has 8 nitrogen and oxygen atoms in total. The molecule has 1 spiro atoms. The van der Waals surface area contributed by atoms with E-state index in [1.54, 1.807) is 18.2 Å². The highest BCUT2D eigenvalue weighted by Gasteiger charge is 2.71. The van der Waals surface area contributed by atoms with Crippen molar-refractivity contribution in [3.8, 4) is 0 Å². The Hall–Kier alpha value is -2.75. The first kappa shape index (κ1) is 27.3. The van der Waals surface area contributed by atoms with Crippen LogP contribution in [0.15, 0.2) is 36.4 Å². The number of nitro groups is 1. The van der Waals surface area contributed by atoms with Crippen LogP contribution in [0.3, 0.4) is 0 Å². The highest BCUT2D eigenvalue weighted by atomic mass is 35.5. The lowest BCUT2D eigenvalue weighted by Crippen LogP contribution is -2.52. The number of hydrogen-bond donors (Lipinski definition) is 1. The van der Waals surface area contributed by atoms with Crippen molar-refractivity contribution < 1.29 is 23.6 Å². The molecule has 1 saturated heterocycles. The lowest BCUT2D eigenvalue weighted by Gasteiger charge is -2.38. The first-order chi connectivity index (χ1) is 17.2. The van der Waals surface area contributed by atoms with Gasteiger partial charge in [0.1, 0.15) is 11.4 Å². The summed E-state index contributed by atoms with van der Waals surface area (Å²) < 4.78 is 20.4. The molecule has 1 N–H and O–H groups in total. The number of esters is 1. The zero-order valence-corrected chi connectivity index (χ0v) is 20.9. The number of anilines is 1. The monoisotopic (exact) mass is 551 g/mol. The molecule has 198 valence electrons. The number of rotatable bonds is 7. The Balaban J connectivity index is 0.00000320. The topological polar surface area (TPSA) is 102 Å². The van der Waals surface area contributed by atoms with Crippen LogP contribution in [-0.4, -0.2) is 47.4 Å². The molecular formula is C26H28Cl2FN3O5. The molecule has 1 aliphatic carbocycles. The van der Waals surface area contributed by atoms with Gasteiger partial charge in [-0.3, -0.25) is 24.6 Å². The summed E-state index contributed by atoms with van der Waals surface area (Å²) in [6.07, 6.45) is 1.83. The van der Waals surface area contributed by atoms with Crippen LogP contribution in [0, 0.1) is 21.8 Å². The first-order valence-corrected chi connectivity index (χ1v) is 12.5. The van der Waals surface area contributed by atoms with Gasteiger partial charge in [-0.1, -0.05) is 48.8 Å². The van der Waals surface area contributed by atoms with E-state index in [1.165, 1.54) is 25.3 Å². The highest BCUT2D eigenvalue weighted by Crippen LogP contribution is 2.59. The molecule has 3 aliphatic rings. The summed E-state index contributed by atoms with van der Waals surface area (Å²) >= 11 is 12.3. The molecule has 4 atom stereocenters. The third-order valence-corrected chi connectivity index (χ3v) is 8.14.